The van der Waals surface area contributed by atoms with Gasteiger partial charge in [-0.15, -0.1) is 0 Å². The van der Waals surface area contributed by atoms with E-state index >= 15 is 0 Å². The third-order valence-corrected chi connectivity index (χ3v) is 2.55. The minimum atomic E-state index is -0.384. The van der Waals surface area contributed by atoms with Crippen molar-refractivity contribution in [1.29, 1.82) is 5.26 Å². The summed E-state index contributed by atoms with van der Waals surface area (Å²) in [4.78, 5) is 11.4. The maximum atomic E-state index is 11.4. The number of nitrogens with zero attached hydrogens (tertiary/aromatic N) is 1. The maximum absolute atomic E-state index is 11.4. The van der Waals surface area contributed by atoms with Crippen LogP contribution in [-0.2, 0) is 4.79 Å². The number of hydrogen-bond acceptors (Lipinski definition) is 3. The lowest BCUT2D eigenvalue weighted by molar-refractivity contribution is -0.116. The highest BCUT2D eigenvalue weighted by Crippen LogP contribution is 2.15. The van der Waals surface area contributed by atoms with E-state index in [2.05, 4.69) is 12.2 Å². The van der Waals surface area contributed by atoms with E-state index in [-0.39, 0.29) is 11.5 Å². The van der Waals surface area contributed by atoms with E-state index in [1.807, 2.05) is 30.3 Å². The van der Waals surface area contributed by atoms with E-state index in [4.69, 9.17) is 10.00 Å². The lowest BCUT2D eigenvalue weighted by Gasteiger charge is -2.05. The highest BCUT2D eigenvalue weighted by molar-refractivity contribution is 6.01. The zero-order chi connectivity index (χ0) is 14.1. The molecule has 0 unspecified atom stereocenters. The smallest absolute Gasteiger partial charge is 0.261 e. The van der Waals surface area contributed by atoms with Crippen LogP contribution in [0.5, 0.6) is 5.75 Å². The maximum Gasteiger partial charge on any atom is 0.261 e. The Bertz CT molecular complexity index is 484. The fourth-order valence-corrected chi connectivity index (χ4v) is 1.44. The van der Waals surface area contributed by atoms with Crippen molar-refractivity contribution >= 4 is 12.0 Å². The second kappa shape index (κ2) is 7.93. The summed E-state index contributed by atoms with van der Waals surface area (Å²) in [5.41, 5.74) is 0.880. The van der Waals surface area contributed by atoms with Gasteiger partial charge in [-0.2, -0.15) is 5.26 Å². The lowest BCUT2D eigenvalue weighted by atomic mass is 10.1. The van der Waals surface area contributed by atoms with Gasteiger partial charge < -0.3 is 10.1 Å². The number of carbonyl (C=O) groups excluding carboxylic acids is 1. The SMILES string of the molecule is CCCCOc1ccc(/C=C(/C#N)C(=O)NC)cc1. The largest absolute Gasteiger partial charge is 0.494 e. The zero-order valence-electron chi connectivity index (χ0n) is 11.3. The van der Waals surface area contributed by atoms with E-state index in [1.54, 1.807) is 6.08 Å². The summed E-state index contributed by atoms with van der Waals surface area (Å²) in [7, 11) is 1.50. The van der Waals surface area contributed by atoms with Gasteiger partial charge in [0.15, 0.2) is 0 Å². The Morgan fingerprint density at radius 3 is 2.63 bits per heavy atom. The van der Waals surface area contributed by atoms with Crippen LogP contribution in [0.3, 0.4) is 0 Å². The summed E-state index contributed by atoms with van der Waals surface area (Å²) in [5, 5.41) is 11.3. The molecule has 0 aliphatic carbocycles. The summed E-state index contributed by atoms with van der Waals surface area (Å²) in [6.07, 6.45) is 3.67. The minimum absolute atomic E-state index is 0.0853. The van der Waals surface area contributed by atoms with Crippen molar-refractivity contribution in [2.45, 2.75) is 19.8 Å². The molecular weight excluding hydrogens is 240 g/mol. The molecule has 0 radical (unpaired) electrons. The summed E-state index contributed by atoms with van der Waals surface area (Å²) < 4.78 is 5.54. The van der Waals surface area contributed by atoms with Crippen LogP contribution >= 0.6 is 0 Å². The van der Waals surface area contributed by atoms with Crippen molar-refractivity contribution in [2.24, 2.45) is 0 Å². The van der Waals surface area contributed by atoms with Gasteiger partial charge in [-0.1, -0.05) is 25.5 Å². The first-order chi connectivity index (χ1) is 9.21. The van der Waals surface area contributed by atoms with Crippen molar-refractivity contribution in [3.8, 4) is 11.8 Å². The molecule has 1 aromatic carbocycles. The molecule has 4 heteroatoms. The molecule has 0 aliphatic heterocycles. The van der Waals surface area contributed by atoms with Crippen LogP contribution < -0.4 is 10.1 Å². The van der Waals surface area contributed by atoms with E-state index in [0.717, 1.165) is 24.2 Å². The summed E-state index contributed by atoms with van der Waals surface area (Å²) in [5.74, 6) is 0.412. The Kier molecular flexibility index (Phi) is 6.17. The molecular formula is C15H18N2O2. The molecule has 0 aliphatic rings. The molecule has 0 heterocycles. The highest BCUT2D eigenvalue weighted by Gasteiger charge is 2.05. The van der Waals surface area contributed by atoms with Crippen molar-refractivity contribution < 1.29 is 9.53 Å². The number of rotatable bonds is 6. The average molecular weight is 258 g/mol. The quantitative estimate of drug-likeness (QED) is 0.484. The van der Waals surface area contributed by atoms with Gasteiger partial charge in [-0.05, 0) is 30.2 Å². The van der Waals surface area contributed by atoms with Crippen LogP contribution in [0.1, 0.15) is 25.3 Å². The lowest BCUT2D eigenvalue weighted by Crippen LogP contribution is -2.19. The average Bonchev–Trinajstić information content (AvgIpc) is 2.45. The number of benzene rings is 1. The summed E-state index contributed by atoms with van der Waals surface area (Å²) in [6.45, 7) is 2.81. The van der Waals surface area contributed by atoms with Gasteiger partial charge in [0.05, 0.1) is 6.61 Å². The number of carbonyl (C=O) groups is 1. The molecule has 0 saturated carbocycles. The number of nitriles is 1. The number of likely N-dealkylation sites (N-methyl/N-ethyl adjacent to an activating group) is 1. The molecule has 1 N–H and O–H groups in total. The van der Waals surface area contributed by atoms with E-state index in [9.17, 15) is 4.79 Å². The van der Waals surface area contributed by atoms with Gasteiger partial charge in [-0.3, -0.25) is 4.79 Å². The molecule has 1 rings (SSSR count). The normalized spacial score (nSPS) is 10.7. The van der Waals surface area contributed by atoms with Gasteiger partial charge in [0.25, 0.3) is 5.91 Å². The van der Waals surface area contributed by atoms with Crippen LogP contribution in [0.4, 0.5) is 0 Å². The van der Waals surface area contributed by atoms with Gasteiger partial charge in [0.1, 0.15) is 17.4 Å². The standard InChI is InChI=1S/C15H18N2O2/c1-3-4-9-19-14-7-5-12(6-8-14)10-13(11-16)15(18)17-2/h5-8,10H,3-4,9H2,1-2H3,(H,17,18)/b13-10-. The van der Waals surface area contributed by atoms with Crippen molar-refractivity contribution in [3.05, 3.63) is 35.4 Å². The number of hydrogen-bond donors (Lipinski definition) is 1. The second-order valence-electron chi connectivity index (χ2n) is 4.02. The first kappa shape index (κ1) is 14.8. The summed E-state index contributed by atoms with van der Waals surface area (Å²) in [6, 6.07) is 9.18. The Morgan fingerprint density at radius 1 is 1.42 bits per heavy atom. The highest BCUT2D eigenvalue weighted by atomic mass is 16.5. The Hall–Kier alpha value is -2.28. The monoisotopic (exact) mass is 258 g/mol. The molecule has 1 aromatic rings. The summed E-state index contributed by atoms with van der Waals surface area (Å²) >= 11 is 0. The van der Waals surface area contributed by atoms with Crippen LogP contribution in [0, 0.1) is 11.3 Å². The molecule has 0 saturated heterocycles. The Labute approximate surface area is 113 Å². The van der Waals surface area contributed by atoms with E-state index in [1.165, 1.54) is 7.05 Å². The molecule has 19 heavy (non-hydrogen) atoms. The van der Waals surface area contributed by atoms with E-state index < -0.39 is 0 Å². The van der Waals surface area contributed by atoms with Crippen LogP contribution in [0.25, 0.3) is 6.08 Å². The van der Waals surface area contributed by atoms with Gasteiger partial charge in [0.2, 0.25) is 0 Å². The first-order valence-electron chi connectivity index (χ1n) is 6.28. The van der Waals surface area contributed by atoms with Crippen LogP contribution in [-0.4, -0.2) is 19.6 Å². The molecule has 0 atom stereocenters. The molecule has 0 fully saturated rings. The first-order valence-corrected chi connectivity index (χ1v) is 6.28. The predicted molar refractivity (Wildman–Crippen MR) is 74.5 cm³/mol. The van der Waals surface area contributed by atoms with Crippen LogP contribution in [0.2, 0.25) is 0 Å². The molecule has 100 valence electrons. The van der Waals surface area contributed by atoms with Crippen LogP contribution in [0.15, 0.2) is 29.8 Å². The number of unbranched alkanes of at least 4 members (excludes halogenated alkanes) is 1. The number of nitrogens with one attached hydrogen (secondary N) is 1. The van der Waals surface area contributed by atoms with Crippen molar-refractivity contribution in [3.63, 3.8) is 0 Å². The predicted octanol–water partition coefficient (Wildman–Crippen LogP) is 2.52. The van der Waals surface area contributed by atoms with Crippen molar-refractivity contribution in [2.75, 3.05) is 13.7 Å². The molecule has 4 nitrogen and oxygen atoms in total. The van der Waals surface area contributed by atoms with Crippen molar-refractivity contribution in [1.82, 2.24) is 5.32 Å². The van der Waals surface area contributed by atoms with E-state index in [0.29, 0.717) is 6.61 Å². The second-order valence-corrected chi connectivity index (χ2v) is 4.02. The fraction of sp³-hybridized carbons (Fsp3) is 0.333. The minimum Gasteiger partial charge on any atom is -0.494 e. The molecule has 0 aromatic heterocycles. The third kappa shape index (κ3) is 4.84. The van der Waals surface area contributed by atoms with Gasteiger partial charge in [-0.25, -0.2) is 0 Å². The topological polar surface area (TPSA) is 62.1 Å². The van der Waals surface area contributed by atoms with Gasteiger partial charge in [0, 0.05) is 7.05 Å². The van der Waals surface area contributed by atoms with Gasteiger partial charge >= 0.3 is 0 Å². The molecule has 1 amide bonds. The number of ether oxygens (including phenoxy) is 1. The Balaban J connectivity index is 2.73. The molecule has 0 bridgehead atoms. The Morgan fingerprint density at radius 2 is 2.11 bits per heavy atom. The molecule has 0 spiro atoms. The fourth-order valence-electron chi connectivity index (χ4n) is 1.44. The number of amides is 1. The third-order valence-electron chi connectivity index (χ3n) is 2.55. The zero-order valence-corrected chi connectivity index (χ0v) is 11.3.